The molecule has 15 heavy (non-hydrogen) atoms. The van der Waals surface area contributed by atoms with Crippen LogP contribution in [0, 0.1) is 0 Å². The third kappa shape index (κ3) is 1.35. The molecule has 3 heteroatoms. The van der Waals surface area contributed by atoms with Crippen molar-refractivity contribution in [2.75, 3.05) is 0 Å². The Balaban J connectivity index is 2.20. The van der Waals surface area contributed by atoms with Crippen LogP contribution in [0.5, 0.6) is 0 Å². The first-order valence-electron chi connectivity index (χ1n) is 5.24. The molecule has 0 N–H and O–H groups in total. The minimum absolute atomic E-state index is 0.102. The molecule has 1 aliphatic heterocycles. The highest BCUT2D eigenvalue weighted by Gasteiger charge is 2.27. The molecule has 2 aromatic rings. The fraction of sp³-hybridized carbons (Fsp3) is 0.417. The minimum atomic E-state index is -0.102. The minimum Gasteiger partial charge on any atom is -0.367 e. The zero-order valence-corrected chi connectivity index (χ0v) is 9.03. The molecular weight excluding hydrogens is 188 g/mol. The maximum absolute atomic E-state index is 5.80. The van der Waals surface area contributed by atoms with Crippen molar-refractivity contribution in [2.45, 2.75) is 32.6 Å². The summed E-state index contributed by atoms with van der Waals surface area (Å²) >= 11 is 0. The Kier molecular flexibility index (Phi) is 1.68. The monoisotopic (exact) mass is 202 g/mol. The van der Waals surface area contributed by atoms with Gasteiger partial charge in [-0.3, -0.25) is 4.68 Å². The molecule has 1 aliphatic rings. The van der Waals surface area contributed by atoms with E-state index in [0.717, 1.165) is 12.1 Å². The van der Waals surface area contributed by atoms with Crippen molar-refractivity contribution in [1.82, 2.24) is 9.78 Å². The molecule has 0 saturated carbocycles. The van der Waals surface area contributed by atoms with E-state index in [4.69, 9.17) is 4.74 Å². The average molecular weight is 202 g/mol. The van der Waals surface area contributed by atoms with Gasteiger partial charge in [0.1, 0.15) is 0 Å². The Bertz CT molecular complexity index is 513. The highest BCUT2D eigenvalue weighted by atomic mass is 16.5. The third-order valence-electron chi connectivity index (χ3n) is 2.89. The summed E-state index contributed by atoms with van der Waals surface area (Å²) in [6.45, 7) is 5.69. The molecule has 0 radical (unpaired) electrons. The molecule has 0 spiro atoms. The van der Waals surface area contributed by atoms with Crippen molar-refractivity contribution < 1.29 is 4.74 Å². The lowest BCUT2D eigenvalue weighted by Crippen LogP contribution is -2.36. The largest absolute Gasteiger partial charge is 0.367 e. The molecular formula is C12H14N2O. The molecule has 78 valence electrons. The highest BCUT2D eigenvalue weighted by Crippen LogP contribution is 2.27. The second-order valence-electron chi connectivity index (χ2n) is 4.67. The molecule has 0 bridgehead atoms. The van der Waals surface area contributed by atoms with E-state index >= 15 is 0 Å². The number of hydrogen-bond acceptors (Lipinski definition) is 2. The Labute approximate surface area is 88.7 Å². The quantitative estimate of drug-likeness (QED) is 0.655. The lowest BCUT2D eigenvalue weighted by Gasteiger charge is -2.30. The fourth-order valence-electron chi connectivity index (χ4n) is 2.09. The van der Waals surface area contributed by atoms with Crippen LogP contribution in [0.2, 0.25) is 0 Å². The maximum atomic E-state index is 5.80. The zero-order chi connectivity index (χ0) is 10.5. The van der Waals surface area contributed by atoms with Crippen molar-refractivity contribution in [3.05, 3.63) is 30.0 Å². The number of benzene rings is 1. The second-order valence-corrected chi connectivity index (χ2v) is 4.67. The van der Waals surface area contributed by atoms with Crippen LogP contribution in [0.15, 0.2) is 24.3 Å². The molecule has 0 saturated heterocycles. The van der Waals surface area contributed by atoms with Gasteiger partial charge in [-0.15, -0.1) is 0 Å². The lowest BCUT2D eigenvalue weighted by molar-refractivity contribution is -0.0653. The van der Waals surface area contributed by atoms with Crippen molar-refractivity contribution in [1.29, 1.82) is 0 Å². The van der Waals surface area contributed by atoms with Crippen LogP contribution in [0.4, 0.5) is 0 Å². The van der Waals surface area contributed by atoms with Gasteiger partial charge in [0.15, 0.2) is 0 Å². The van der Waals surface area contributed by atoms with Gasteiger partial charge in [-0.25, -0.2) is 0 Å². The van der Waals surface area contributed by atoms with E-state index in [2.05, 4.69) is 29.7 Å². The summed E-state index contributed by atoms with van der Waals surface area (Å²) in [7, 11) is 0. The molecule has 1 aromatic heterocycles. The van der Waals surface area contributed by atoms with Gasteiger partial charge in [-0.1, -0.05) is 18.2 Å². The van der Waals surface area contributed by atoms with Crippen molar-refractivity contribution in [3.63, 3.8) is 0 Å². The Morgan fingerprint density at radius 2 is 2.13 bits per heavy atom. The van der Waals surface area contributed by atoms with Crippen LogP contribution >= 0.6 is 0 Å². The normalized spacial score (nSPS) is 19.1. The standard InChI is InChI=1S/C12H14N2O/c1-12(2)8-14-11(7-15-12)9-5-3-4-6-10(9)13-14/h3-6H,7-8H2,1-2H3. The van der Waals surface area contributed by atoms with E-state index < -0.39 is 0 Å². The van der Waals surface area contributed by atoms with Crippen molar-refractivity contribution >= 4 is 10.9 Å². The lowest BCUT2D eigenvalue weighted by atomic mass is 10.1. The van der Waals surface area contributed by atoms with Gasteiger partial charge in [0.2, 0.25) is 0 Å². The van der Waals surface area contributed by atoms with E-state index in [1.807, 2.05) is 18.2 Å². The summed E-state index contributed by atoms with van der Waals surface area (Å²) in [6.07, 6.45) is 0. The number of hydrogen-bond donors (Lipinski definition) is 0. The number of nitrogens with zero attached hydrogens (tertiary/aromatic N) is 2. The summed E-state index contributed by atoms with van der Waals surface area (Å²) < 4.78 is 7.87. The Hall–Kier alpha value is -1.35. The van der Waals surface area contributed by atoms with Crippen LogP contribution in [0.25, 0.3) is 10.9 Å². The smallest absolute Gasteiger partial charge is 0.0927 e. The topological polar surface area (TPSA) is 27.1 Å². The molecule has 3 rings (SSSR count). The summed E-state index contributed by atoms with van der Waals surface area (Å²) in [4.78, 5) is 0. The SMILES string of the molecule is CC1(C)Cn2nc3ccccc3c2CO1. The Morgan fingerprint density at radius 3 is 3.00 bits per heavy atom. The van der Waals surface area contributed by atoms with Gasteiger partial charge in [0.25, 0.3) is 0 Å². The predicted molar refractivity (Wildman–Crippen MR) is 58.6 cm³/mol. The molecule has 0 aliphatic carbocycles. The van der Waals surface area contributed by atoms with Crippen LogP contribution in [-0.2, 0) is 17.9 Å². The van der Waals surface area contributed by atoms with Gasteiger partial charge in [0, 0.05) is 5.39 Å². The number of fused-ring (bicyclic) bond motifs is 3. The average Bonchev–Trinajstić information content (AvgIpc) is 2.52. The molecule has 1 aromatic carbocycles. The molecule has 2 heterocycles. The number of ether oxygens (including phenoxy) is 1. The maximum Gasteiger partial charge on any atom is 0.0927 e. The van der Waals surface area contributed by atoms with E-state index in [1.54, 1.807) is 0 Å². The molecule has 0 fully saturated rings. The second kappa shape index (κ2) is 2.83. The summed E-state index contributed by atoms with van der Waals surface area (Å²) in [5, 5.41) is 5.80. The summed E-state index contributed by atoms with van der Waals surface area (Å²) in [5.74, 6) is 0. The van der Waals surface area contributed by atoms with Gasteiger partial charge < -0.3 is 4.74 Å². The number of rotatable bonds is 0. The van der Waals surface area contributed by atoms with Crippen LogP contribution < -0.4 is 0 Å². The summed E-state index contributed by atoms with van der Waals surface area (Å²) in [5.41, 5.74) is 2.16. The van der Waals surface area contributed by atoms with E-state index in [1.165, 1.54) is 11.1 Å². The van der Waals surface area contributed by atoms with Crippen LogP contribution in [0.3, 0.4) is 0 Å². The third-order valence-corrected chi connectivity index (χ3v) is 2.89. The number of aromatic nitrogens is 2. The first-order chi connectivity index (χ1) is 7.16. The van der Waals surface area contributed by atoms with Gasteiger partial charge in [0.05, 0.1) is 30.0 Å². The van der Waals surface area contributed by atoms with Crippen molar-refractivity contribution in [2.24, 2.45) is 0 Å². The van der Waals surface area contributed by atoms with Crippen LogP contribution in [0.1, 0.15) is 19.5 Å². The van der Waals surface area contributed by atoms with Gasteiger partial charge in [-0.2, -0.15) is 5.10 Å². The molecule has 0 amide bonds. The highest BCUT2D eigenvalue weighted by molar-refractivity contribution is 5.81. The van der Waals surface area contributed by atoms with Gasteiger partial charge >= 0.3 is 0 Å². The summed E-state index contributed by atoms with van der Waals surface area (Å²) in [6, 6.07) is 8.22. The van der Waals surface area contributed by atoms with Crippen molar-refractivity contribution in [3.8, 4) is 0 Å². The first-order valence-corrected chi connectivity index (χ1v) is 5.24. The first kappa shape index (κ1) is 8.92. The molecule has 3 nitrogen and oxygen atoms in total. The van der Waals surface area contributed by atoms with Crippen LogP contribution in [-0.4, -0.2) is 15.4 Å². The predicted octanol–water partition coefficient (Wildman–Crippen LogP) is 2.35. The molecule has 0 atom stereocenters. The van der Waals surface area contributed by atoms with Gasteiger partial charge in [-0.05, 0) is 19.9 Å². The van der Waals surface area contributed by atoms with E-state index in [9.17, 15) is 0 Å². The molecule has 0 unspecified atom stereocenters. The Morgan fingerprint density at radius 1 is 1.33 bits per heavy atom. The fourth-order valence-corrected chi connectivity index (χ4v) is 2.09. The van der Waals surface area contributed by atoms with E-state index in [-0.39, 0.29) is 5.60 Å². The zero-order valence-electron chi connectivity index (χ0n) is 9.03. The van der Waals surface area contributed by atoms with E-state index in [0.29, 0.717) is 6.61 Å².